The van der Waals surface area contributed by atoms with Gasteiger partial charge in [-0.15, -0.1) is 0 Å². The minimum atomic E-state index is -4.33. The number of hydrogen-bond donors (Lipinski definition) is 3. The van der Waals surface area contributed by atoms with Crippen LogP contribution < -0.4 is 5.32 Å². The lowest BCUT2D eigenvalue weighted by Gasteiger charge is -2.25. The van der Waals surface area contributed by atoms with Crippen molar-refractivity contribution in [3.8, 4) is 0 Å². The standard InChI is InChI=1S/C38H75N2O6P/c1-6-8-10-12-14-16-18-19-20-21-22-23-25-27-29-31-37(41)36(35-46-47(43,44)45-34-33-40(3,4)5)39-38(42)32-30-28-26-24-17-15-13-11-9-7-2/h13,15,29,31,36-37,41H,6-12,14,16-28,30,32-35H2,1-5H3,(H-,39,42,43,44)/p+1/b15-13-,31-29+. The van der Waals surface area contributed by atoms with Gasteiger partial charge in [0, 0.05) is 6.42 Å². The number of nitrogens with one attached hydrogen (secondary N) is 1. The van der Waals surface area contributed by atoms with E-state index in [1.165, 1.54) is 83.5 Å². The maximum Gasteiger partial charge on any atom is 0.472 e. The number of phosphoric acid groups is 1. The summed E-state index contributed by atoms with van der Waals surface area (Å²) >= 11 is 0. The van der Waals surface area contributed by atoms with Crippen molar-refractivity contribution in [3.63, 3.8) is 0 Å². The number of allylic oxidation sites excluding steroid dienone is 3. The molecule has 8 nitrogen and oxygen atoms in total. The maximum atomic E-state index is 12.7. The van der Waals surface area contributed by atoms with E-state index in [2.05, 4.69) is 31.3 Å². The van der Waals surface area contributed by atoms with Gasteiger partial charge < -0.3 is 19.8 Å². The highest BCUT2D eigenvalue weighted by molar-refractivity contribution is 7.47. The second-order valence-corrected chi connectivity index (χ2v) is 15.8. The molecular weight excluding hydrogens is 611 g/mol. The molecule has 3 atom stereocenters. The number of likely N-dealkylation sites (N-methyl/N-ethyl adjacent to an activating group) is 1. The first-order valence-electron chi connectivity index (χ1n) is 19.2. The number of carbonyl (C=O) groups is 1. The van der Waals surface area contributed by atoms with E-state index >= 15 is 0 Å². The molecule has 0 rings (SSSR count). The minimum absolute atomic E-state index is 0.0599. The first-order valence-corrected chi connectivity index (χ1v) is 20.7. The Morgan fingerprint density at radius 2 is 1.17 bits per heavy atom. The van der Waals surface area contributed by atoms with Gasteiger partial charge in [-0.2, -0.15) is 0 Å². The zero-order valence-corrected chi connectivity index (χ0v) is 32.2. The molecule has 0 aliphatic rings. The summed E-state index contributed by atoms with van der Waals surface area (Å²) in [6.07, 6.45) is 33.8. The Bertz CT molecular complexity index is 829. The topological polar surface area (TPSA) is 105 Å². The SMILES string of the molecule is CCCC/C=C\CCCCCCC(=O)NC(COP(=O)(O)OCC[N+](C)(C)C)C(O)/C=C/CCCCCCCCCCCCCCC. The molecule has 0 aromatic carbocycles. The first kappa shape index (κ1) is 46.0. The van der Waals surface area contributed by atoms with Crippen molar-refractivity contribution >= 4 is 13.7 Å². The lowest BCUT2D eigenvalue weighted by molar-refractivity contribution is -0.870. The maximum absolute atomic E-state index is 12.7. The summed E-state index contributed by atoms with van der Waals surface area (Å²) in [7, 11) is 1.56. The van der Waals surface area contributed by atoms with Gasteiger partial charge in [-0.05, 0) is 38.5 Å². The molecule has 47 heavy (non-hydrogen) atoms. The number of unbranched alkanes of at least 4 members (excludes halogenated alkanes) is 19. The normalized spacial score (nSPS) is 15.0. The van der Waals surface area contributed by atoms with Crippen LogP contribution in [0, 0.1) is 0 Å². The number of aliphatic hydroxyl groups excluding tert-OH is 1. The van der Waals surface area contributed by atoms with Gasteiger partial charge >= 0.3 is 7.82 Å². The van der Waals surface area contributed by atoms with E-state index in [1.807, 2.05) is 27.2 Å². The van der Waals surface area contributed by atoms with E-state index in [4.69, 9.17) is 9.05 Å². The van der Waals surface area contributed by atoms with E-state index in [1.54, 1.807) is 6.08 Å². The van der Waals surface area contributed by atoms with Crippen LogP contribution >= 0.6 is 7.82 Å². The highest BCUT2D eigenvalue weighted by Crippen LogP contribution is 2.43. The highest BCUT2D eigenvalue weighted by Gasteiger charge is 2.27. The summed E-state index contributed by atoms with van der Waals surface area (Å²) in [5.41, 5.74) is 0. The van der Waals surface area contributed by atoms with Crippen LogP contribution in [0.4, 0.5) is 0 Å². The lowest BCUT2D eigenvalue weighted by Crippen LogP contribution is -2.45. The molecule has 3 unspecified atom stereocenters. The summed E-state index contributed by atoms with van der Waals surface area (Å²) in [6.45, 7) is 4.74. The second kappa shape index (κ2) is 31.0. The van der Waals surface area contributed by atoms with E-state index in [0.29, 0.717) is 17.4 Å². The van der Waals surface area contributed by atoms with Crippen LogP contribution in [0.2, 0.25) is 0 Å². The van der Waals surface area contributed by atoms with Gasteiger partial charge in [0.05, 0.1) is 39.9 Å². The Kier molecular flexibility index (Phi) is 30.3. The molecule has 0 saturated heterocycles. The summed E-state index contributed by atoms with van der Waals surface area (Å²) < 4.78 is 23.4. The predicted molar refractivity (Wildman–Crippen MR) is 198 cm³/mol. The number of carbonyl (C=O) groups excluding carboxylic acids is 1. The van der Waals surface area contributed by atoms with Crippen molar-refractivity contribution in [1.29, 1.82) is 0 Å². The number of phosphoric ester groups is 1. The molecule has 0 aromatic heterocycles. The van der Waals surface area contributed by atoms with Gasteiger partial charge in [-0.25, -0.2) is 4.57 Å². The van der Waals surface area contributed by atoms with Crippen molar-refractivity contribution in [2.24, 2.45) is 0 Å². The Balaban J connectivity index is 4.54. The van der Waals surface area contributed by atoms with Crippen molar-refractivity contribution in [3.05, 3.63) is 24.3 Å². The quantitative estimate of drug-likeness (QED) is 0.0269. The number of rotatable bonds is 34. The monoisotopic (exact) mass is 688 g/mol. The van der Waals surface area contributed by atoms with Crippen LogP contribution in [0.1, 0.15) is 162 Å². The Morgan fingerprint density at radius 1 is 0.702 bits per heavy atom. The van der Waals surface area contributed by atoms with Crippen molar-refractivity contribution < 1.29 is 32.9 Å². The van der Waals surface area contributed by atoms with E-state index in [0.717, 1.165) is 57.8 Å². The highest BCUT2D eigenvalue weighted by atomic mass is 31.2. The zero-order valence-electron chi connectivity index (χ0n) is 31.3. The van der Waals surface area contributed by atoms with Gasteiger partial charge in [0.2, 0.25) is 5.91 Å². The molecule has 278 valence electrons. The molecular formula is C38H76N2O6P+. The van der Waals surface area contributed by atoms with E-state index in [-0.39, 0.29) is 19.1 Å². The molecule has 0 aromatic rings. The number of amides is 1. The van der Waals surface area contributed by atoms with Crippen molar-refractivity contribution in [2.45, 2.75) is 174 Å². The summed E-state index contributed by atoms with van der Waals surface area (Å²) in [5, 5.41) is 13.7. The number of nitrogens with zero attached hydrogens (tertiary/aromatic N) is 1. The fourth-order valence-electron chi connectivity index (χ4n) is 5.26. The number of hydrogen-bond acceptors (Lipinski definition) is 5. The Morgan fingerprint density at radius 3 is 1.70 bits per heavy atom. The molecule has 0 aliphatic carbocycles. The zero-order chi connectivity index (χ0) is 35.1. The molecule has 0 aliphatic heterocycles. The molecule has 0 saturated carbocycles. The first-order chi connectivity index (χ1) is 22.5. The van der Waals surface area contributed by atoms with Crippen molar-refractivity contribution in [2.75, 3.05) is 40.9 Å². The number of aliphatic hydroxyl groups is 1. The second-order valence-electron chi connectivity index (χ2n) is 14.3. The fraction of sp³-hybridized carbons (Fsp3) is 0.868. The third kappa shape index (κ3) is 33.3. The lowest BCUT2D eigenvalue weighted by atomic mass is 10.0. The average Bonchev–Trinajstić information content (AvgIpc) is 3.01. The summed E-state index contributed by atoms with van der Waals surface area (Å²) in [5.74, 6) is -0.194. The molecule has 9 heteroatoms. The van der Waals surface area contributed by atoms with Gasteiger partial charge in [0.1, 0.15) is 13.2 Å². The summed E-state index contributed by atoms with van der Waals surface area (Å²) in [6, 6.07) is -0.846. The van der Waals surface area contributed by atoms with Crippen LogP contribution in [0.5, 0.6) is 0 Å². The largest absolute Gasteiger partial charge is 0.472 e. The van der Waals surface area contributed by atoms with Crippen LogP contribution in [0.15, 0.2) is 24.3 Å². The molecule has 3 N–H and O–H groups in total. The van der Waals surface area contributed by atoms with E-state index in [9.17, 15) is 19.4 Å². The molecule has 1 amide bonds. The molecule has 0 fully saturated rings. The predicted octanol–water partition coefficient (Wildman–Crippen LogP) is 9.80. The van der Waals surface area contributed by atoms with Gasteiger partial charge in [-0.3, -0.25) is 13.8 Å². The third-order valence-corrected chi connectivity index (χ3v) is 9.40. The van der Waals surface area contributed by atoms with Gasteiger partial charge in [0.25, 0.3) is 0 Å². The molecule has 0 spiro atoms. The van der Waals surface area contributed by atoms with Crippen LogP contribution in [0.25, 0.3) is 0 Å². The van der Waals surface area contributed by atoms with Crippen LogP contribution in [0.3, 0.4) is 0 Å². The van der Waals surface area contributed by atoms with E-state index < -0.39 is 20.0 Å². The van der Waals surface area contributed by atoms with Crippen LogP contribution in [-0.4, -0.2) is 73.4 Å². The van der Waals surface area contributed by atoms with Crippen molar-refractivity contribution in [1.82, 2.24) is 5.32 Å². The molecule has 0 heterocycles. The third-order valence-electron chi connectivity index (χ3n) is 8.42. The smallest absolute Gasteiger partial charge is 0.387 e. The molecule has 0 radical (unpaired) electrons. The van der Waals surface area contributed by atoms with Gasteiger partial charge in [-0.1, -0.05) is 141 Å². The van der Waals surface area contributed by atoms with Gasteiger partial charge in [0.15, 0.2) is 0 Å². The number of quaternary nitrogens is 1. The fourth-order valence-corrected chi connectivity index (χ4v) is 5.99. The van der Waals surface area contributed by atoms with Crippen LogP contribution in [-0.2, 0) is 18.4 Å². The summed E-state index contributed by atoms with van der Waals surface area (Å²) in [4.78, 5) is 22.9. The average molecular weight is 688 g/mol. The Labute approximate surface area is 290 Å². The minimum Gasteiger partial charge on any atom is -0.387 e. The molecule has 0 bridgehead atoms. The Hall–Kier alpha value is -1.02.